The molecule has 1 rings (SSSR count). The van der Waals surface area contributed by atoms with E-state index in [4.69, 9.17) is 11.6 Å². The molecule has 0 saturated carbocycles. The minimum atomic E-state index is -2.88. The number of pyridine rings is 1. The van der Waals surface area contributed by atoms with E-state index < -0.39 is 22.8 Å². The van der Waals surface area contributed by atoms with Crippen LogP contribution in [0.15, 0.2) is 15.3 Å². The lowest BCUT2D eigenvalue weighted by atomic mass is 10.3. The molecule has 0 atom stereocenters. The Kier molecular flexibility index (Phi) is 3.38. The molecule has 0 aromatic carbocycles. The van der Waals surface area contributed by atoms with Gasteiger partial charge < -0.3 is 4.98 Å². The Morgan fingerprint density at radius 3 is 2.57 bits per heavy atom. The van der Waals surface area contributed by atoms with Crippen molar-refractivity contribution in [3.05, 3.63) is 32.2 Å². The predicted molar refractivity (Wildman–Crippen MR) is 49.9 cm³/mol. The fourth-order valence-electron chi connectivity index (χ4n) is 0.819. The molecule has 0 fully saturated rings. The monoisotopic (exact) mass is 285 g/mol. The van der Waals surface area contributed by atoms with Gasteiger partial charge in [-0.15, -0.1) is 0 Å². The summed E-state index contributed by atoms with van der Waals surface area (Å²) in [6, 6.07) is 0.852. The summed E-state index contributed by atoms with van der Waals surface area (Å²) in [6.07, 6.45) is -2.88. The van der Waals surface area contributed by atoms with Crippen LogP contribution in [0.4, 0.5) is 8.78 Å². The third kappa shape index (κ3) is 2.19. The third-order valence-electron chi connectivity index (χ3n) is 1.43. The van der Waals surface area contributed by atoms with Crippen molar-refractivity contribution < 1.29 is 13.6 Å². The smallest absolute Gasteiger partial charge is 0.279 e. The molecule has 7 heteroatoms. The van der Waals surface area contributed by atoms with Gasteiger partial charge in [-0.3, -0.25) is 9.59 Å². The maximum Gasteiger partial charge on any atom is 0.279 e. The maximum absolute atomic E-state index is 12.3. The molecule has 1 N–H and O–H groups in total. The number of aromatic nitrogens is 1. The van der Waals surface area contributed by atoms with Gasteiger partial charge in [0.2, 0.25) is 0 Å². The van der Waals surface area contributed by atoms with Crippen molar-refractivity contribution in [3.63, 3.8) is 0 Å². The average molecular weight is 286 g/mol. The highest BCUT2D eigenvalue weighted by Gasteiger charge is 2.17. The molecule has 0 aliphatic heterocycles. The lowest BCUT2D eigenvalue weighted by Crippen LogP contribution is -2.11. The van der Waals surface area contributed by atoms with Crippen LogP contribution in [-0.2, 0) is 0 Å². The Morgan fingerprint density at radius 1 is 1.57 bits per heavy atom. The fraction of sp³-hybridized carbons (Fsp3) is 0.143. The lowest BCUT2D eigenvalue weighted by molar-refractivity contribution is 0.107. The molecule has 0 aliphatic carbocycles. The van der Waals surface area contributed by atoms with E-state index in [2.05, 4.69) is 20.9 Å². The van der Waals surface area contributed by atoms with E-state index in [0.717, 1.165) is 6.07 Å². The van der Waals surface area contributed by atoms with Crippen LogP contribution in [0.2, 0.25) is 0 Å². The van der Waals surface area contributed by atoms with E-state index >= 15 is 0 Å². The number of hydrogen-bond donors (Lipinski definition) is 1. The van der Waals surface area contributed by atoms with Crippen LogP contribution in [-0.4, -0.2) is 10.2 Å². The van der Waals surface area contributed by atoms with Gasteiger partial charge in [-0.25, -0.2) is 8.78 Å². The topological polar surface area (TPSA) is 49.9 Å². The van der Waals surface area contributed by atoms with Gasteiger partial charge >= 0.3 is 0 Å². The molecule has 1 aromatic heterocycles. The van der Waals surface area contributed by atoms with E-state index in [1.807, 2.05) is 0 Å². The molecule has 76 valence electrons. The van der Waals surface area contributed by atoms with Crippen molar-refractivity contribution in [2.45, 2.75) is 6.43 Å². The van der Waals surface area contributed by atoms with Gasteiger partial charge in [0.05, 0.1) is 4.47 Å². The first-order valence-electron chi connectivity index (χ1n) is 3.34. The number of rotatable bonds is 2. The SMILES string of the molecule is O=C(Cl)c1cc(=O)c(Br)c(C(F)F)[nH]1. The van der Waals surface area contributed by atoms with Crippen molar-refractivity contribution in [3.8, 4) is 0 Å². The van der Waals surface area contributed by atoms with Crippen molar-refractivity contribution in [1.82, 2.24) is 4.98 Å². The van der Waals surface area contributed by atoms with E-state index in [1.165, 1.54) is 0 Å². The van der Waals surface area contributed by atoms with E-state index in [1.54, 1.807) is 0 Å². The highest BCUT2D eigenvalue weighted by Crippen LogP contribution is 2.22. The predicted octanol–water partition coefficient (Wildman–Crippen LogP) is 2.45. The molecular formula is C7H3BrClF2NO2. The molecule has 0 amide bonds. The molecule has 1 heterocycles. The first-order valence-corrected chi connectivity index (χ1v) is 4.51. The Labute approximate surface area is 90.2 Å². The van der Waals surface area contributed by atoms with Crippen LogP contribution in [0.5, 0.6) is 0 Å². The largest absolute Gasteiger partial charge is 0.349 e. The van der Waals surface area contributed by atoms with Gasteiger partial charge in [0.15, 0.2) is 5.43 Å². The quantitative estimate of drug-likeness (QED) is 0.849. The molecule has 0 unspecified atom stereocenters. The van der Waals surface area contributed by atoms with Crippen molar-refractivity contribution in [2.75, 3.05) is 0 Å². The molecule has 0 bridgehead atoms. The van der Waals surface area contributed by atoms with E-state index in [9.17, 15) is 18.4 Å². The normalized spacial score (nSPS) is 10.6. The number of halogens is 4. The summed E-state index contributed by atoms with van der Waals surface area (Å²) in [7, 11) is 0. The van der Waals surface area contributed by atoms with Crippen LogP contribution in [0.3, 0.4) is 0 Å². The zero-order valence-electron chi connectivity index (χ0n) is 6.48. The van der Waals surface area contributed by atoms with Crippen LogP contribution in [0, 0.1) is 0 Å². The molecule has 3 nitrogen and oxygen atoms in total. The minimum absolute atomic E-state index is 0.297. The number of aromatic amines is 1. The zero-order valence-corrected chi connectivity index (χ0v) is 8.82. The molecule has 0 radical (unpaired) electrons. The second-order valence-corrected chi connectivity index (χ2v) is 3.49. The number of carbonyl (C=O) groups excluding carboxylic acids is 1. The molecule has 1 aromatic rings. The third-order valence-corrected chi connectivity index (χ3v) is 2.45. The van der Waals surface area contributed by atoms with Gasteiger partial charge in [-0.2, -0.15) is 0 Å². The second kappa shape index (κ2) is 4.18. The van der Waals surface area contributed by atoms with Crippen molar-refractivity contribution in [2.24, 2.45) is 0 Å². The van der Waals surface area contributed by atoms with Crippen molar-refractivity contribution >= 4 is 32.8 Å². The summed E-state index contributed by atoms with van der Waals surface area (Å²) in [5, 5.41) is -0.989. The minimum Gasteiger partial charge on any atom is -0.349 e. The number of carbonyl (C=O) groups is 1. The number of nitrogens with one attached hydrogen (secondary N) is 1. The van der Waals surface area contributed by atoms with Crippen LogP contribution >= 0.6 is 27.5 Å². The first kappa shape index (κ1) is 11.3. The van der Waals surface area contributed by atoms with Gasteiger partial charge in [-0.1, -0.05) is 0 Å². The van der Waals surface area contributed by atoms with Gasteiger partial charge in [0, 0.05) is 6.07 Å². The summed E-state index contributed by atoms with van der Waals surface area (Å²) in [4.78, 5) is 23.8. The van der Waals surface area contributed by atoms with Crippen molar-refractivity contribution in [1.29, 1.82) is 0 Å². The molecule has 0 saturated heterocycles. The molecule has 0 aliphatic rings. The molecule has 14 heavy (non-hydrogen) atoms. The van der Waals surface area contributed by atoms with Gasteiger partial charge in [-0.05, 0) is 27.5 Å². The van der Waals surface area contributed by atoms with Gasteiger partial charge in [0.1, 0.15) is 11.4 Å². The maximum atomic E-state index is 12.3. The lowest BCUT2D eigenvalue weighted by Gasteiger charge is -2.04. The van der Waals surface area contributed by atoms with Crippen LogP contribution < -0.4 is 5.43 Å². The number of hydrogen-bond acceptors (Lipinski definition) is 2. The highest BCUT2D eigenvalue weighted by atomic mass is 79.9. The van der Waals surface area contributed by atoms with Gasteiger partial charge in [0.25, 0.3) is 11.7 Å². The first-order chi connectivity index (χ1) is 6.43. The molecule has 0 spiro atoms. The van der Waals surface area contributed by atoms with Crippen LogP contribution in [0.1, 0.15) is 22.6 Å². The number of alkyl halides is 2. The van der Waals surface area contributed by atoms with E-state index in [0.29, 0.717) is 0 Å². The number of H-pyrrole nitrogens is 1. The Morgan fingerprint density at radius 2 is 2.14 bits per heavy atom. The Balaban J connectivity index is 3.43. The van der Waals surface area contributed by atoms with Crippen LogP contribution in [0.25, 0.3) is 0 Å². The summed E-state index contributed by atoms with van der Waals surface area (Å²) < 4.78 is 24.3. The average Bonchev–Trinajstić information content (AvgIpc) is 2.08. The second-order valence-electron chi connectivity index (χ2n) is 2.35. The Bertz CT molecular complexity index is 432. The van der Waals surface area contributed by atoms with E-state index in [-0.39, 0.29) is 10.2 Å². The summed E-state index contributed by atoms with van der Waals surface area (Å²) >= 11 is 7.72. The highest BCUT2D eigenvalue weighted by molar-refractivity contribution is 9.10. The standard InChI is InChI=1S/C7H3BrClF2NO2/c8-4-3(13)1-2(6(9)14)12-5(4)7(10)11/h1,7H,(H,12,13). The summed E-state index contributed by atoms with van der Waals surface area (Å²) in [6.45, 7) is 0. The molecular weight excluding hydrogens is 283 g/mol. The fourth-order valence-corrected chi connectivity index (χ4v) is 1.31. The zero-order chi connectivity index (χ0) is 10.9. The summed E-state index contributed by atoms with van der Waals surface area (Å²) in [5.41, 5.74) is -1.72. The Hall–Kier alpha value is -0.750. The summed E-state index contributed by atoms with van der Waals surface area (Å²) in [5.74, 6) is 0.